The molecule has 1 atom stereocenters. The van der Waals surface area contributed by atoms with E-state index in [1.165, 1.54) is 0 Å². The molecule has 0 amide bonds. The Morgan fingerprint density at radius 1 is 1.06 bits per heavy atom. The maximum atomic E-state index is 14.3. The summed E-state index contributed by atoms with van der Waals surface area (Å²) in [6.45, 7) is 1.94. The molecule has 1 aliphatic heterocycles. The van der Waals surface area contributed by atoms with Crippen LogP contribution >= 0.6 is 12.2 Å². The molecule has 4 rings (SSSR count). The van der Waals surface area contributed by atoms with Crippen LogP contribution in [0.3, 0.4) is 0 Å². The molecular formula is C24H20F3NO3S. The van der Waals surface area contributed by atoms with Gasteiger partial charge in [0, 0.05) is 36.9 Å². The Labute approximate surface area is 189 Å². The fourth-order valence-electron chi connectivity index (χ4n) is 4.01. The summed E-state index contributed by atoms with van der Waals surface area (Å²) in [7, 11) is 5.01. The first-order chi connectivity index (χ1) is 15.3. The average Bonchev–Trinajstić information content (AvgIpc) is 2.79. The number of anilines is 1. The van der Waals surface area contributed by atoms with E-state index >= 15 is 0 Å². The first-order valence-electron chi connectivity index (χ1n) is 9.72. The van der Waals surface area contributed by atoms with Gasteiger partial charge < -0.3 is 19.1 Å². The van der Waals surface area contributed by atoms with E-state index in [-0.39, 0.29) is 5.05 Å². The number of allylic oxidation sites excluding steroid dienone is 2. The fourth-order valence-corrected chi connectivity index (χ4v) is 4.32. The minimum Gasteiger partial charge on any atom is -0.497 e. The molecule has 0 bridgehead atoms. The molecule has 4 nitrogen and oxygen atoms in total. The van der Waals surface area contributed by atoms with Crippen LogP contribution in [0.25, 0.3) is 5.57 Å². The summed E-state index contributed by atoms with van der Waals surface area (Å²) < 4.78 is 58.8. The highest BCUT2D eigenvalue weighted by Crippen LogP contribution is 2.46. The van der Waals surface area contributed by atoms with Crippen molar-refractivity contribution in [2.45, 2.75) is 13.0 Å². The number of nitrogens with zero attached hydrogens (tertiary/aromatic N) is 1. The van der Waals surface area contributed by atoms with Gasteiger partial charge in [-0.05, 0) is 49.0 Å². The second-order valence-electron chi connectivity index (χ2n) is 7.34. The molecule has 0 fully saturated rings. The van der Waals surface area contributed by atoms with Crippen molar-refractivity contribution >= 4 is 28.5 Å². The zero-order valence-corrected chi connectivity index (χ0v) is 18.6. The van der Waals surface area contributed by atoms with E-state index < -0.39 is 29.3 Å². The van der Waals surface area contributed by atoms with Crippen LogP contribution in [0, 0.1) is 17.5 Å². The molecule has 8 heteroatoms. The van der Waals surface area contributed by atoms with E-state index in [2.05, 4.69) is 0 Å². The smallest absolute Gasteiger partial charge is 0.204 e. The minimum absolute atomic E-state index is 0.203. The maximum Gasteiger partial charge on any atom is 0.204 e. The van der Waals surface area contributed by atoms with Gasteiger partial charge >= 0.3 is 0 Å². The van der Waals surface area contributed by atoms with Crippen molar-refractivity contribution in [3.8, 4) is 11.5 Å². The first kappa shape index (κ1) is 22.1. The van der Waals surface area contributed by atoms with Crippen LogP contribution < -0.4 is 14.4 Å². The normalized spacial score (nSPS) is 17.3. The van der Waals surface area contributed by atoms with Crippen LogP contribution in [-0.2, 0) is 4.74 Å². The van der Waals surface area contributed by atoms with Gasteiger partial charge in [0.05, 0.1) is 18.5 Å². The largest absolute Gasteiger partial charge is 0.497 e. The van der Waals surface area contributed by atoms with Crippen molar-refractivity contribution in [3.05, 3.63) is 82.3 Å². The predicted octanol–water partition coefficient (Wildman–Crippen LogP) is 5.58. The Kier molecular flexibility index (Phi) is 5.83. The lowest BCUT2D eigenvalue weighted by Crippen LogP contribution is -2.34. The van der Waals surface area contributed by atoms with Crippen LogP contribution in [0.1, 0.15) is 12.5 Å². The molecule has 1 aliphatic carbocycles. The number of thiocarbonyl (C=S) groups is 1. The number of likely N-dealkylation sites (N-methyl/N-ethyl adjacent to an activating group) is 1. The van der Waals surface area contributed by atoms with E-state index in [1.807, 2.05) is 37.1 Å². The Bertz CT molecular complexity index is 1220. The number of methoxy groups -OCH3 is 2. The third-order valence-electron chi connectivity index (χ3n) is 5.53. The SMILES string of the molecule is COc1ccc2c(c1)N(C)C1=C(C)C=CC(OC)C1=C2C(=S)Oc1c(F)ccc(F)c1F. The molecule has 1 heterocycles. The minimum atomic E-state index is -1.44. The lowest BCUT2D eigenvalue weighted by Gasteiger charge is -2.38. The number of rotatable bonds is 4. The van der Waals surface area contributed by atoms with Gasteiger partial charge in [0.15, 0.2) is 16.7 Å². The van der Waals surface area contributed by atoms with Crippen LogP contribution in [0.15, 0.2) is 59.3 Å². The number of hydrogen-bond donors (Lipinski definition) is 0. The molecule has 0 aromatic heterocycles. The number of ether oxygens (including phenoxy) is 3. The summed E-state index contributed by atoms with van der Waals surface area (Å²) in [4.78, 5) is 1.98. The number of fused-ring (bicyclic) bond motifs is 2. The van der Waals surface area contributed by atoms with Crippen molar-refractivity contribution in [3.63, 3.8) is 0 Å². The van der Waals surface area contributed by atoms with E-state index in [0.29, 0.717) is 28.5 Å². The lowest BCUT2D eigenvalue weighted by molar-refractivity contribution is 0.169. The predicted molar refractivity (Wildman–Crippen MR) is 120 cm³/mol. The Morgan fingerprint density at radius 3 is 2.47 bits per heavy atom. The standard InChI is InChI=1S/C24H20F3NO3S/c1-12-5-10-18(30-4)20-19(24(32)31-23-16(26)9-8-15(25)21(23)27)14-7-6-13(29-3)11-17(14)28(2)22(12)20/h5-11,18H,1-4H3. The van der Waals surface area contributed by atoms with Gasteiger partial charge in [0.25, 0.3) is 0 Å². The molecule has 0 spiro atoms. The van der Waals surface area contributed by atoms with Gasteiger partial charge in [0.2, 0.25) is 11.6 Å². The van der Waals surface area contributed by atoms with Gasteiger partial charge in [-0.3, -0.25) is 0 Å². The average molecular weight is 459 g/mol. The number of halogens is 3. The summed E-state index contributed by atoms with van der Waals surface area (Å²) in [5.74, 6) is -4.00. The van der Waals surface area contributed by atoms with Gasteiger partial charge in [-0.15, -0.1) is 0 Å². The summed E-state index contributed by atoms with van der Waals surface area (Å²) in [6, 6.07) is 6.85. The molecule has 1 unspecified atom stereocenters. The fraction of sp³-hybridized carbons (Fsp3) is 0.208. The molecule has 166 valence electrons. The van der Waals surface area contributed by atoms with E-state index in [9.17, 15) is 13.2 Å². The number of benzene rings is 2. The Hall–Kier alpha value is -3.10. The Morgan fingerprint density at radius 2 is 1.78 bits per heavy atom. The van der Waals surface area contributed by atoms with Crippen LogP contribution in [0.5, 0.6) is 11.5 Å². The van der Waals surface area contributed by atoms with Crippen molar-refractivity contribution in [2.24, 2.45) is 0 Å². The third kappa shape index (κ3) is 3.49. The topological polar surface area (TPSA) is 30.9 Å². The molecule has 32 heavy (non-hydrogen) atoms. The second-order valence-corrected chi connectivity index (χ2v) is 7.71. The first-order valence-corrected chi connectivity index (χ1v) is 10.1. The van der Waals surface area contributed by atoms with Crippen molar-refractivity contribution in [1.82, 2.24) is 0 Å². The maximum absolute atomic E-state index is 14.3. The van der Waals surface area contributed by atoms with Crippen molar-refractivity contribution in [1.29, 1.82) is 0 Å². The second kappa shape index (κ2) is 8.44. The zero-order chi connectivity index (χ0) is 23.2. The molecule has 0 saturated carbocycles. The summed E-state index contributed by atoms with van der Waals surface area (Å²) in [5, 5.41) is -0.203. The highest BCUT2D eigenvalue weighted by molar-refractivity contribution is 7.81. The highest BCUT2D eigenvalue weighted by atomic mass is 32.1. The van der Waals surface area contributed by atoms with Gasteiger partial charge in [-0.25, -0.2) is 8.78 Å². The van der Waals surface area contributed by atoms with Gasteiger partial charge in [0.1, 0.15) is 11.9 Å². The van der Waals surface area contributed by atoms with Gasteiger partial charge in [-0.1, -0.05) is 12.2 Å². The lowest BCUT2D eigenvalue weighted by atomic mass is 9.84. The van der Waals surface area contributed by atoms with Crippen LogP contribution in [0.2, 0.25) is 0 Å². The molecule has 2 aliphatic rings. The summed E-state index contributed by atoms with van der Waals surface area (Å²) in [5.41, 5.74) is 4.31. The molecule has 2 aromatic rings. The Balaban J connectivity index is 1.95. The monoisotopic (exact) mass is 459 g/mol. The van der Waals surface area contributed by atoms with Crippen molar-refractivity contribution in [2.75, 3.05) is 26.2 Å². The van der Waals surface area contributed by atoms with E-state index in [0.717, 1.165) is 23.0 Å². The quantitative estimate of drug-likeness (QED) is 0.440. The van der Waals surface area contributed by atoms with Crippen LogP contribution in [0.4, 0.5) is 18.9 Å². The summed E-state index contributed by atoms with van der Waals surface area (Å²) >= 11 is 5.51. The zero-order valence-electron chi connectivity index (χ0n) is 17.8. The molecule has 0 radical (unpaired) electrons. The van der Waals surface area contributed by atoms with Gasteiger partial charge in [-0.2, -0.15) is 4.39 Å². The third-order valence-corrected chi connectivity index (χ3v) is 5.82. The molecule has 2 aromatic carbocycles. The molecule has 0 saturated heterocycles. The van der Waals surface area contributed by atoms with E-state index in [1.54, 1.807) is 26.4 Å². The summed E-state index contributed by atoms with van der Waals surface area (Å²) in [6.07, 6.45) is 3.31. The van der Waals surface area contributed by atoms with Crippen LogP contribution in [-0.4, -0.2) is 32.4 Å². The van der Waals surface area contributed by atoms with Crippen molar-refractivity contribution < 1.29 is 27.4 Å². The highest BCUT2D eigenvalue weighted by Gasteiger charge is 2.36. The molecular weight excluding hydrogens is 439 g/mol. The molecule has 0 N–H and O–H groups in total. The van der Waals surface area contributed by atoms with E-state index in [4.69, 9.17) is 26.4 Å². The number of hydrogen-bond acceptors (Lipinski definition) is 5.